The number of benzene rings is 1. The first kappa shape index (κ1) is 20.7. The van der Waals surface area contributed by atoms with E-state index in [0.29, 0.717) is 6.61 Å². The summed E-state index contributed by atoms with van der Waals surface area (Å²) >= 11 is 0. The van der Waals surface area contributed by atoms with Crippen molar-refractivity contribution in [3.63, 3.8) is 0 Å². The average Bonchev–Trinajstić information content (AvgIpc) is 2.66. The zero-order chi connectivity index (χ0) is 18.8. The van der Waals surface area contributed by atoms with Crippen molar-refractivity contribution in [2.75, 3.05) is 33.9 Å². The van der Waals surface area contributed by atoms with Crippen LogP contribution in [0.5, 0.6) is 0 Å². The minimum atomic E-state index is 0.250. The molecule has 1 aliphatic rings. The van der Waals surface area contributed by atoms with Gasteiger partial charge in [0.15, 0.2) is 5.96 Å². The van der Waals surface area contributed by atoms with Crippen molar-refractivity contribution in [3.8, 4) is 0 Å². The quantitative estimate of drug-likeness (QED) is 0.569. The number of hydrogen-bond acceptors (Lipinski definition) is 3. The number of nitrogens with zero attached hydrogens (tertiary/aromatic N) is 2. The lowest BCUT2D eigenvalue weighted by Gasteiger charge is -2.27. The first-order chi connectivity index (χ1) is 12.6. The van der Waals surface area contributed by atoms with Crippen LogP contribution in [0.4, 0.5) is 0 Å². The van der Waals surface area contributed by atoms with Crippen molar-refractivity contribution in [1.82, 2.24) is 10.2 Å². The Kier molecular flexibility index (Phi) is 8.92. The molecule has 0 radical (unpaired) electrons. The van der Waals surface area contributed by atoms with E-state index in [1.54, 1.807) is 0 Å². The second-order valence-electron chi connectivity index (χ2n) is 7.35. The Hall–Kier alpha value is -1.59. The lowest BCUT2D eigenvalue weighted by molar-refractivity contribution is 0.0625. The van der Waals surface area contributed by atoms with Crippen LogP contribution in [0.15, 0.2) is 29.3 Å². The molecule has 5 nitrogen and oxygen atoms in total. The number of aliphatic imine (C=N–C) groups is 1. The first-order valence-electron chi connectivity index (χ1n) is 9.77. The van der Waals surface area contributed by atoms with Crippen LogP contribution in [-0.4, -0.2) is 50.8 Å². The van der Waals surface area contributed by atoms with Gasteiger partial charge < -0.3 is 19.7 Å². The summed E-state index contributed by atoms with van der Waals surface area (Å²) in [7, 11) is 3.96. The predicted molar refractivity (Wildman–Crippen MR) is 107 cm³/mol. The Morgan fingerprint density at radius 1 is 1.31 bits per heavy atom. The van der Waals surface area contributed by atoms with Crippen LogP contribution in [0.3, 0.4) is 0 Å². The topological polar surface area (TPSA) is 46.1 Å². The van der Waals surface area contributed by atoms with Gasteiger partial charge in [-0.3, -0.25) is 4.99 Å². The van der Waals surface area contributed by atoms with Crippen LogP contribution < -0.4 is 5.32 Å². The van der Waals surface area contributed by atoms with Gasteiger partial charge in [-0.25, -0.2) is 0 Å². The fourth-order valence-corrected chi connectivity index (χ4v) is 3.18. The molecule has 0 aromatic heterocycles. The number of ether oxygens (including phenoxy) is 2. The molecule has 1 aromatic rings. The lowest BCUT2D eigenvalue weighted by atomic mass is 9.96. The maximum Gasteiger partial charge on any atom is 0.193 e. The fourth-order valence-electron chi connectivity index (χ4n) is 3.18. The molecule has 26 heavy (non-hydrogen) atoms. The first-order valence-corrected chi connectivity index (χ1v) is 9.77. The summed E-state index contributed by atoms with van der Waals surface area (Å²) in [5.41, 5.74) is 2.45. The van der Waals surface area contributed by atoms with Gasteiger partial charge in [-0.1, -0.05) is 24.3 Å². The third-order valence-corrected chi connectivity index (χ3v) is 4.81. The second kappa shape index (κ2) is 11.2. The van der Waals surface area contributed by atoms with Crippen LogP contribution in [0.25, 0.3) is 0 Å². The van der Waals surface area contributed by atoms with Gasteiger partial charge in [0.25, 0.3) is 0 Å². The standard InChI is InChI=1S/C21H35N3O2/c1-17(2)26-16-20-7-5-6-19(14-20)15-23-21(22-3)24(4)11-8-18-9-12-25-13-10-18/h5-7,14,17-18H,8-13,15-16H2,1-4H3,(H,22,23). The minimum Gasteiger partial charge on any atom is -0.381 e. The highest BCUT2D eigenvalue weighted by Crippen LogP contribution is 2.18. The zero-order valence-corrected chi connectivity index (χ0v) is 16.8. The molecule has 0 aliphatic carbocycles. The van der Waals surface area contributed by atoms with E-state index >= 15 is 0 Å². The smallest absolute Gasteiger partial charge is 0.193 e. The van der Waals surface area contributed by atoms with Crippen molar-refractivity contribution in [1.29, 1.82) is 0 Å². The maximum absolute atomic E-state index is 5.70. The van der Waals surface area contributed by atoms with Gasteiger partial charge in [-0.05, 0) is 50.2 Å². The van der Waals surface area contributed by atoms with E-state index in [9.17, 15) is 0 Å². The van der Waals surface area contributed by atoms with Gasteiger partial charge >= 0.3 is 0 Å². The molecule has 1 heterocycles. The molecule has 1 aromatic carbocycles. The molecule has 0 bridgehead atoms. The Balaban J connectivity index is 1.79. The van der Waals surface area contributed by atoms with Crippen molar-refractivity contribution in [2.45, 2.75) is 52.4 Å². The Morgan fingerprint density at radius 3 is 2.73 bits per heavy atom. The van der Waals surface area contributed by atoms with E-state index in [0.717, 1.165) is 38.2 Å². The highest BCUT2D eigenvalue weighted by atomic mass is 16.5. The molecule has 1 saturated heterocycles. The summed E-state index contributed by atoms with van der Waals surface area (Å²) in [6, 6.07) is 8.54. The number of hydrogen-bond donors (Lipinski definition) is 1. The summed E-state index contributed by atoms with van der Waals surface area (Å²) in [5.74, 6) is 1.72. The minimum absolute atomic E-state index is 0.250. The molecular weight excluding hydrogens is 326 g/mol. The van der Waals surface area contributed by atoms with Crippen molar-refractivity contribution >= 4 is 5.96 Å². The van der Waals surface area contributed by atoms with Gasteiger partial charge in [-0.2, -0.15) is 0 Å². The molecule has 5 heteroatoms. The Morgan fingerprint density at radius 2 is 2.04 bits per heavy atom. The van der Waals surface area contributed by atoms with Gasteiger partial charge in [0.05, 0.1) is 12.7 Å². The third-order valence-electron chi connectivity index (χ3n) is 4.81. The van der Waals surface area contributed by atoms with Crippen LogP contribution in [0.1, 0.15) is 44.2 Å². The van der Waals surface area contributed by atoms with Crippen molar-refractivity contribution < 1.29 is 9.47 Å². The Labute approximate surface area is 158 Å². The summed E-state index contributed by atoms with van der Waals surface area (Å²) < 4.78 is 11.1. The SMILES string of the molecule is CN=C(NCc1cccc(COC(C)C)c1)N(C)CCC1CCOCC1. The second-order valence-corrected chi connectivity index (χ2v) is 7.35. The van der Waals surface area contributed by atoms with Gasteiger partial charge in [0, 0.05) is 40.4 Å². The van der Waals surface area contributed by atoms with Crippen LogP contribution in [0, 0.1) is 5.92 Å². The molecule has 1 fully saturated rings. The summed E-state index contributed by atoms with van der Waals surface area (Å²) in [6.45, 7) is 8.40. The Bertz CT molecular complexity index is 554. The normalized spacial score (nSPS) is 16.1. The summed E-state index contributed by atoms with van der Waals surface area (Å²) in [5, 5.41) is 3.48. The monoisotopic (exact) mass is 361 g/mol. The van der Waals surface area contributed by atoms with Gasteiger partial charge in [-0.15, -0.1) is 0 Å². The number of nitrogens with one attached hydrogen (secondary N) is 1. The molecule has 2 rings (SSSR count). The van der Waals surface area contributed by atoms with E-state index in [4.69, 9.17) is 9.47 Å². The van der Waals surface area contributed by atoms with E-state index in [1.807, 2.05) is 7.05 Å². The molecule has 1 N–H and O–H groups in total. The van der Waals surface area contributed by atoms with Gasteiger partial charge in [0.1, 0.15) is 0 Å². The molecule has 0 amide bonds. The lowest BCUT2D eigenvalue weighted by Crippen LogP contribution is -2.39. The molecular formula is C21H35N3O2. The number of rotatable bonds is 8. The maximum atomic E-state index is 5.70. The molecule has 0 saturated carbocycles. The molecule has 0 unspecified atom stereocenters. The van der Waals surface area contributed by atoms with E-state index in [-0.39, 0.29) is 6.10 Å². The molecule has 0 atom stereocenters. The van der Waals surface area contributed by atoms with E-state index < -0.39 is 0 Å². The number of guanidine groups is 1. The summed E-state index contributed by atoms with van der Waals surface area (Å²) in [6.07, 6.45) is 3.82. The zero-order valence-electron chi connectivity index (χ0n) is 16.8. The van der Waals surface area contributed by atoms with Crippen molar-refractivity contribution in [3.05, 3.63) is 35.4 Å². The molecule has 0 spiro atoms. The highest BCUT2D eigenvalue weighted by molar-refractivity contribution is 5.79. The van der Waals surface area contributed by atoms with Crippen molar-refractivity contribution in [2.24, 2.45) is 10.9 Å². The molecule has 1 aliphatic heterocycles. The van der Waals surface area contributed by atoms with Gasteiger partial charge in [0.2, 0.25) is 0 Å². The summed E-state index contributed by atoms with van der Waals surface area (Å²) in [4.78, 5) is 6.65. The van der Waals surface area contributed by atoms with E-state index in [2.05, 4.69) is 60.4 Å². The van der Waals surface area contributed by atoms with Crippen LogP contribution >= 0.6 is 0 Å². The highest BCUT2D eigenvalue weighted by Gasteiger charge is 2.15. The van der Waals surface area contributed by atoms with Crippen LogP contribution in [0.2, 0.25) is 0 Å². The van der Waals surface area contributed by atoms with E-state index in [1.165, 1.54) is 30.4 Å². The predicted octanol–water partition coefficient (Wildman–Crippen LogP) is 3.44. The average molecular weight is 362 g/mol. The largest absolute Gasteiger partial charge is 0.381 e. The van der Waals surface area contributed by atoms with Crippen LogP contribution in [-0.2, 0) is 22.6 Å². The fraction of sp³-hybridized carbons (Fsp3) is 0.667. The molecule has 146 valence electrons. The third kappa shape index (κ3) is 7.34.